The van der Waals surface area contributed by atoms with E-state index < -0.39 is 12.1 Å². The van der Waals surface area contributed by atoms with Gasteiger partial charge < -0.3 is 19.5 Å². The van der Waals surface area contributed by atoms with E-state index in [-0.39, 0.29) is 30.2 Å². The minimum absolute atomic E-state index is 0.141. The number of aliphatic hydroxyl groups is 2. The van der Waals surface area contributed by atoms with Crippen LogP contribution in [0.25, 0.3) is 22.3 Å². The molecule has 1 aromatic carbocycles. The van der Waals surface area contributed by atoms with Crippen molar-refractivity contribution in [3.63, 3.8) is 0 Å². The topological polar surface area (TPSA) is 102 Å². The first-order chi connectivity index (χ1) is 16.4. The molecule has 0 bridgehead atoms. The monoisotopic (exact) mass is 468 g/mol. The van der Waals surface area contributed by atoms with Crippen LogP contribution in [0.2, 0.25) is 0 Å². The predicted molar refractivity (Wildman–Crippen MR) is 126 cm³/mol. The van der Waals surface area contributed by atoms with E-state index in [1.807, 2.05) is 13.8 Å². The van der Waals surface area contributed by atoms with Crippen molar-refractivity contribution in [2.75, 3.05) is 6.61 Å². The highest BCUT2D eigenvalue weighted by atomic mass is 19.1. The molecule has 0 amide bonds. The lowest BCUT2D eigenvalue weighted by atomic mass is 9.85. The number of esters is 1. The highest BCUT2D eigenvalue weighted by Crippen LogP contribution is 2.41. The first-order valence-corrected chi connectivity index (χ1v) is 11.7. The van der Waals surface area contributed by atoms with Crippen molar-refractivity contribution < 1.29 is 24.1 Å². The van der Waals surface area contributed by atoms with Gasteiger partial charge >= 0.3 is 5.97 Å². The van der Waals surface area contributed by atoms with Crippen molar-refractivity contribution in [1.29, 1.82) is 0 Å². The number of carbonyl (C=O) groups is 1. The van der Waals surface area contributed by atoms with Crippen LogP contribution in [0.5, 0.6) is 0 Å². The van der Waals surface area contributed by atoms with Gasteiger partial charge in [0.05, 0.1) is 29.0 Å². The highest BCUT2D eigenvalue weighted by Gasteiger charge is 2.35. The average molecular weight is 469 g/mol. The molecule has 1 aliphatic carbocycles. The Hall–Kier alpha value is -3.10. The molecule has 2 aliphatic heterocycles. The number of nitrogens with zero attached hydrogens (tertiary/aromatic N) is 2. The number of halogens is 1. The number of hydrogen-bond donors (Lipinski definition) is 2. The summed E-state index contributed by atoms with van der Waals surface area (Å²) >= 11 is 0. The van der Waals surface area contributed by atoms with E-state index in [9.17, 15) is 19.1 Å². The van der Waals surface area contributed by atoms with Crippen LogP contribution in [-0.2, 0) is 35.5 Å². The van der Waals surface area contributed by atoms with Gasteiger partial charge in [0.2, 0.25) is 0 Å². The zero-order valence-corrected chi connectivity index (χ0v) is 19.9. The molecular weight excluding hydrogens is 439 g/mol. The number of benzene rings is 1. The fourth-order valence-corrected chi connectivity index (χ4v) is 5.06. The first kappa shape index (κ1) is 24.0. The van der Waals surface area contributed by atoms with Crippen LogP contribution in [0.3, 0.4) is 0 Å². The van der Waals surface area contributed by atoms with Crippen molar-refractivity contribution in [1.82, 2.24) is 9.55 Å². The van der Waals surface area contributed by atoms with Crippen LogP contribution in [0.4, 0.5) is 4.39 Å². The number of carbonyl (C=O) groups excluding carboxylic acids is 1. The van der Waals surface area contributed by atoms with Crippen molar-refractivity contribution in [3.05, 3.63) is 61.7 Å². The van der Waals surface area contributed by atoms with Gasteiger partial charge in [-0.3, -0.25) is 4.79 Å². The van der Waals surface area contributed by atoms with Gasteiger partial charge in [-0.05, 0) is 55.9 Å². The molecule has 0 radical (unpaired) electrons. The van der Waals surface area contributed by atoms with Gasteiger partial charge in [0.15, 0.2) is 6.10 Å². The minimum atomic E-state index is -1.48. The number of cyclic esters (lactones) is 1. The Morgan fingerprint density at radius 1 is 1.15 bits per heavy atom. The molecule has 0 saturated heterocycles. The summed E-state index contributed by atoms with van der Waals surface area (Å²) in [7, 11) is 0. The molecule has 0 spiro atoms. The van der Waals surface area contributed by atoms with Gasteiger partial charge in [0, 0.05) is 29.2 Å². The fraction of sp³-hybridized carbons (Fsp3) is 0.423. The second-order valence-electron chi connectivity index (χ2n) is 8.31. The number of aryl methyl sites for hydroxylation is 2. The maximum absolute atomic E-state index is 14.5. The van der Waals surface area contributed by atoms with E-state index in [2.05, 4.69) is 0 Å². The Labute approximate surface area is 196 Å². The summed E-state index contributed by atoms with van der Waals surface area (Å²) in [6.45, 7) is 7.98. The van der Waals surface area contributed by atoms with Crippen LogP contribution >= 0.6 is 0 Å². The van der Waals surface area contributed by atoms with Crippen molar-refractivity contribution in [2.24, 2.45) is 0 Å². The van der Waals surface area contributed by atoms with Crippen LogP contribution in [0.1, 0.15) is 66.7 Å². The lowest BCUT2D eigenvalue weighted by molar-refractivity contribution is -0.157. The van der Waals surface area contributed by atoms with Crippen LogP contribution in [0.15, 0.2) is 16.9 Å². The normalized spacial score (nSPS) is 16.9. The van der Waals surface area contributed by atoms with Gasteiger partial charge in [0.25, 0.3) is 5.56 Å². The van der Waals surface area contributed by atoms with Gasteiger partial charge in [-0.1, -0.05) is 13.8 Å². The second kappa shape index (κ2) is 9.27. The highest BCUT2D eigenvalue weighted by molar-refractivity contribution is 5.92. The zero-order valence-electron chi connectivity index (χ0n) is 19.9. The number of aromatic nitrogens is 2. The summed E-state index contributed by atoms with van der Waals surface area (Å²) in [5.41, 5.74) is 5.86. The molecule has 8 heteroatoms. The molecule has 0 unspecified atom stereocenters. The lowest BCUT2D eigenvalue weighted by Gasteiger charge is -2.22. The third-order valence-electron chi connectivity index (χ3n) is 6.54. The lowest BCUT2D eigenvalue weighted by Crippen LogP contribution is -2.32. The van der Waals surface area contributed by atoms with Crippen molar-refractivity contribution in [3.8, 4) is 11.4 Å². The van der Waals surface area contributed by atoms with Crippen molar-refractivity contribution in [2.45, 2.75) is 66.2 Å². The van der Waals surface area contributed by atoms with Crippen molar-refractivity contribution >= 4 is 16.9 Å². The summed E-state index contributed by atoms with van der Waals surface area (Å²) in [5.74, 6) is -1.03. The predicted octanol–water partition coefficient (Wildman–Crippen LogP) is 3.48. The molecule has 3 aliphatic rings. The van der Waals surface area contributed by atoms with Crippen LogP contribution in [-0.4, -0.2) is 32.3 Å². The number of fused-ring (bicyclic) bond motifs is 5. The number of aliphatic hydroxyl groups excluding tert-OH is 2. The molecular formula is C26H29FN2O5. The summed E-state index contributed by atoms with van der Waals surface area (Å²) in [5, 5.41) is 18.8. The maximum atomic E-state index is 14.5. The summed E-state index contributed by atoms with van der Waals surface area (Å²) < 4.78 is 21.1. The molecule has 2 aromatic heterocycles. The van der Waals surface area contributed by atoms with E-state index in [1.165, 1.54) is 6.07 Å². The fourth-order valence-electron chi connectivity index (χ4n) is 5.06. The minimum Gasteiger partial charge on any atom is -0.458 e. The molecule has 2 N–H and O–H groups in total. The van der Waals surface area contributed by atoms with Gasteiger partial charge in [-0.25, -0.2) is 14.2 Å². The SMILES string of the molecule is CC.CCO.Cc1c(F)cc2nc3c(c4c2c1CCC4)Cn1c-3cc2c(c1=O)COC(=O)[C@H]2O. The van der Waals surface area contributed by atoms with E-state index in [0.717, 1.165) is 41.3 Å². The maximum Gasteiger partial charge on any atom is 0.340 e. The molecule has 1 atom stereocenters. The number of ether oxygens (including phenoxy) is 1. The third kappa shape index (κ3) is 3.52. The number of pyridine rings is 2. The van der Waals surface area contributed by atoms with Gasteiger partial charge in [-0.15, -0.1) is 0 Å². The Morgan fingerprint density at radius 3 is 2.53 bits per heavy atom. The van der Waals surface area contributed by atoms with E-state index in [1.54, 1.807) is 24.5 Å². The molecule has 180 valence electrons. The second-order valence-corrected chi connectivity index (χ2v) is 8.31. The quantitative estimate of drug-likeness (QED) is 0.383. The molecule has 34 heavy (non-hydrogen) atoms. The van der Waals surface area contributed by atoms with Gasteiger partial charge in [-0.2, -0.15) is 0 Å². The summed E-state index contributed by atoms with van der Waals surface area (Å²) in [4.78, 5) is 29.6. The average Bonchev–Trinajstić information content (AvgIpc) is 3.21. The molecule has 7 nitrogen and oxygen atoms in total. The van der Waals surface area contributed by atoms with Gasteiger partial charge in [0.1, 0.15) is 12.4 Å². The van der Waals surface area contributed by atoms with Crippen LogP contribution < -0.4 is 5.56 Å². The smallest absolute Gasteiger partial charge is 0.340 e. The van der Waals surface area contributed by atoms with E-state index in [4.69, 9.17) is 14.8 Å². The molecule has 6 rings (SSSR count). The third-order valence-corrected chi connectivity index (χ3v) is 6.54. The number of rotatable bonds is 0. The molecule has 3 aromatic rings. The van der Waals surface area contributed by atoms with E-state index >= 15 is 0 Å². The Kier molecular flexibility index (Phi) is 6.55. The summed E-state index contributed by atoms with van der Waals surface area (Å²) in [6, 6.07) is 3.13. The van der Waals surface area contributed by atoms with Crippen LogP contribution in [0, 0.1) is 12.7 Å². The molecule has 4 heterocycles. The zero-order chi connectivity index (χ0) is 24.7. The summed E-state index contributed by atoms with van der Waals surface area (Å²) in [6.07, 6.45) is 1.12. The molecule has 0 fully saturated rings. The Balaban J connectivity index is 0.000000510. The first-order valence-electron chi connectivity index (χ1n) is 11.7. The number of hydrogen-bond acceptors (Lipinski definition) is 6. The Bertz CT molecular complexity index is 1360. The Morgan fingerprint density at radius 2 is 1.82 bits per heavy atom. The molecule has 0 saturated carbocycles. The van der Waals surface area contributed by atoms with E-state index in [0.29, 0.717) is 34.6 Å². The largest absolute Gasteiger partial charge is 0.458 e. The standard InChI is InChI=1S/C22H17FN2O4.C2H6O.C2H6/c1-9-10-3-2-4-11-13-7-25-17(19(13)24-16(18(10)11)6-15(9)23)5-12-14(21(25)27)8-29-22(28)20(12)26;1-2-3;1-2/h5-6,20,26H,2-4,7-8H2,1H3;3H,2H2,1H3;1-2H3/t20-;;/m0../s1.